The van der Waals surface area contributed by atoms with E-state index < -0.39 is 18.6 Å². The number of rotatable bonds is 3. The Kier molecular flexibility index (Phi) is 4.09. The van der Waals surface area contributed by atoms with Gasteiger partial charge in [-0.1, -0.05) is 13.0 Å². The summed E-state index contributed by atoms with van der Waals surface area (Å²) in [7, 11) is 1.11. The Balaban J connectivity index is 2.81. The van der Waals surface area contributed by atoms with Crippen molar-refractivity contribution in [1.82, 2.24) is 9.88 Å². The Morgan fingerprint density at radius 3 is 2.59 bits per heavy atom. The molecule has 1 aromatic heterocycles. The lowest BCUT2D eigenvalue weighted by Gasteiger charge is -2.18. The summed E-state index contributed by atoms with van der Waals surface area (Å²) in [5.41, 5.74) is 0.715. The number of hydrogen-bond acceptors (Lipinski definition) is 2. The van der Waals surface area contributed by atoms with Crippen molar-refractivity contribution in [1.29, 1.82) is 0 Å². The monoisotopic (exact) mass is 246 g/mol. The normalized spacial score (nSPS) is 11.4. The van der Waals surface area contributed by atoms with Gasteiger partial charge >= 0.3 is 6.18 Å². The second-order valence-corrected chi connectivity index (χ2v) is 3.64. The molecule has 17 heavy (non-hydrogen) atoms. The fourth-order valence-electron chi connectivity index (χ4n) is 1.33. The number of hydrogen-bond donors (Lipinski definition) is 0. The maximum atomic E-state index is 12.1. The summed E-state index contributed by atoms with van der Waals surface area (Å²) in [6, 6.07) is 4.75. The van der Waals surface area contributed by atoms with Crippen LogP contribution in [0.5, 0.6) is 0 Å². The first-order valence-electron chi connectivity index (χ1n) is 5.11. The molecule has 0 atom stereocenters. The zero-order valence-corrected chi connectivity index (χ0v) is 9.58. The fraction of sp³-hybridized carbons (Fsp3) is 0.455. The number of alkyl halides is 3. The van der Waals surface area contributed by atoms with Crippen LogP contribution in [0.25, 0.3) is 0 Å². The number of amides is 1. The molecule has 0 spiro atoms. The van der Waals surface area contributed by atoms with Crippen molar-refractivity contribution in [3.8, 4) is 0 Å². The van der Waals surface area contributed by atoms with E-state index in [-0.39, 0.29) is 5.69 Å². The third-order valence-corrected chi connectivity index (χ3v) is 2.15. The molecule has 0 radical (unpaired) electrons. The molecule has 0 aromatic carbocycles. The number of carbonyl (C=O) groups excluding carboxylic acids is 1. The van der Waals surface area contributed by atoms with Crippen molar-refractivity contribution in [3.63, 3.8) is 0 Å². The standard InChI is InChI=1S/C11H13F3N2O/c1-3-8-5-4-6-9(15-8)10(17)16(2)7-11(12,13)14/h4-6H,3,7H2,1-2H3. The summed E-state index contributed by atoms with van der Waals surface area (Å²) >= 11 is 0. The third-order valence-electron chi connectivity index (χ3n) is 2.15. The van der Waals surface area contributed by atoms with Gasteiger partial charge in [-0.05, 0) is 18.6 Å². The topological polar surface area (TPSA) is 33.2 Å². The SMILES string of the molecule is CCc1cccc(C(=O)N(C)CC(F)(F)F)n1. The second kappa shape index (κ2) is 5.16. The zero-order valence-electron chi connectivity index (χ0n) is 9.58. The summed E-state index contributed by atoms with van der Waals surface area (Å²) < 4.78 is 36.3. The first-order valence-corrected chi connectivity index (χ1v) is 5.11. The number of aryl methyl sites for hydroxylation is 1. The van der Waals surface area contributed by atoms with Gasteiger partial charge in [0.15, 0.2) is 0 Å². The van der Waals surface area contributed by atoms with Gasteiger partial charge in [-0.2, -0.15) is 13.2 Å². The smallest absolute Gasteiger partial charge is 0.331 e. The predicted molar refractivity (Wildman–Crippen MR) is 56.6 cm³/mol. The minimum Gasteiger partial charge on any atom is -0.331 e. The van der Waals surface area contributed by atoms with Crippen molar-refractivity contribution in [3.05, 3.63) is 29.6 Å². The minimum atomic E-state index is -4.40. The highest BCUT2D eigenvalue weighted by Crippen LogP contribution is 2.16. The van der Waals surface area contributed by atoms with Crippen LogP contribution in [0.4, 0.5) is 13.2 Å². The summed E-state index contributed by atoms with van der Waals surface area (Å²) in [5.74, 6) is -0.724. The minimum absolute atomic E-state index is 0.0381. The van der Waals surface area contributed by atoms with Crippen molar-refractivity contribution in [2.75, 3.05) is 13.6 Å². The maximum Gasteiger partial charge on any atom is 0.406 e. The maximum absolute atomic E-state index is 12.1. The molecule has 0 saturated heterocycles. The molecule has 0 unspecified atom stereocenters. The molecule has 0 aliphatic carbocycles. The Labute approximate surface area is 97.3 Å². The quantitative estimate of drug-likeness (QED) is 0.819. The number of pyridine rings is 1. The molecule has 0 saturated carbocycles. The van der Waals surface area contributed by atoms with E-state index in [1.54, 1.807) is 12.1 Å². The summed E-state index contributed by atoms with van der Waals surface area (Å²) in [6.45, 7) is 0.583. The molecule has 1 rings (SSSR count). The van der Waals surface area contributed by atoms with E-state index in [9.17, 15) is 18.0 Å². The van der Waals surface area contributed by atoms with E-state index in [1.165, 1.54) is 6.07 Å². The lowest BCUT2D eigenvalue weighted by molar-refractivity contribution is -0.138. The first kappa shape index (κ1) is 13.5. The molecule has 0 aliphatic heterocycles. The van der Waals surface area contributed by atoms with Crippen LogP contribution in [0.2, 0.25) is 0 Å². The zero-order chi connectivity index (χ0) is 13.1. The Hall–Kier alpha value is -1.59. The van der Waals surface area contributed by atoms with Crippen LogP contribution >= 0.6 is 0 Å². The fourth-order valence-corrected chi connectivity index (χ4v) is 1.33. The van der Waals surface area contributed by atoms with Crippen LogP contribution in [0.3, 0.4) is 0 Å². The molecular weight excluding hydrogens is 233 g/mol. The van der Waals surface area contributed by atoms with E-state index in [2.05, 4.69) is 4.98 Å². The van der Waals surface area contributed by atoms with Gasteiger partial charge in [0, 0.05) is 12.7 Å². The predicted octanol–water partition coefficient (Wildman–Crippen LogP) is 2.28. The van der Waals surface area contributed by atoms with Crippen LogP contribution in [-0.4, -0.2) is 35.6 Å². The average Bonchev–Trinajstić information content (AvgIpc) is 2.26. The number of halogens is 3. The van der Waals surface area contributed by atoms with Crippen molar-refractivity contribution >= 4 is 5.91 Å². The lowest BCUT2D eigenvalue weighted by Crippen LogP contribution is -2.36. The molecule has 0 bridgehead atoms. The van der Waals surface area contributed by atoms with Gasteiger partial charge in [0.1, 0.15) is 12.2 Å². The lowest BCUT2D eigenvalue weighted by atomic mass is 10.2. The molecule has 0 N–H and O–H groups in total. The molecule has 1 aromatic rings. The van der Waals surface area contributed by atoms with Crippen molar-refractivity contribution < 1.29 is 18.0 Å². The number of aromatic nitrogens is 1. The van der Waals surface area contributed by atoms with Gasteiger partial charge in [-0.3, -0.25) is 4.79 Å². The van der Waals surface area contributed by atoms with Gasteiger partial charge in [-0.25, -0.2) is 4.98 Å². The summed E-state index contributed by atoms with van der Waals surface area (Å²) in [6.07, 6.45) is -3.77. The first-order chi connectivity index (χ1) is 7.83. The van der Waals surface area contributed by atoms with Gasteiger partial charge < -0.3 is 4.90 Å². The third kappa shape index (κ3) is 4.05. The summed E-state index contributed by atoms with van der Waals surface area (Å²) in [4.78, 5) is 16.3. The molecule has 3 nitrogen and oxygen atoms in total. The second-order valence-electron chi connectivity index (χ2n) is 3.64. The van der Waals surface area contributed by atoms with Gasteiger partial charge in [0.25, 0.3) is 5.91 Å². The Morgan fingerprint density at radius 2 is 2.06 bits per heavy atom. The van der Waals surface area contributed by atoms with Gasteiger partial charge in [0.2, 0.25) is 0 Å². The highest BCUT2D eigenvalue weighted by Gasteiger charge is 2.31. The van der Waals surface area contributed by atoms with Gasteiger partial charge in [-0.15, -0.1) is 0 Å². The highest BCUT2D eigenvalue weighted by atomic mass is 19.4. The van der Waals surface area contributed by atoms with Gasteiger partial charge in [0.05, 0.1) is 0 Å². The molecule has 0 fully saturated rings. The molecule has 1 amide bonds. The van der Waals surface area contributed by atoms with E-state index in [1.807, 2.05) is 6.92 Å². The molecular formula is C11H13F3N2O. The van der Waals surface area contributed by atoms with E-state index in [4.69, 9.17) is 0 Å². The average molecular weight is 246 g/mol. The molecule has 1 heterocycles. The Morgan fingerprint density at radius 1 is 1.41 bits per heavy atom. The molecule has 0 aliphatic rings. The highest BCUT2D eigenvalue weighted by molar-refractivity contribution is 5.92. The Bertz CT molecular complexity index is 404. The largest absolute Gasteiger partial charge is 0.406 e. The van der Waals surface area contributed by atoms with E-state index in [0.717, 1.165) is 7.05 Å². The van der Waals surface area contributed by atoms with Crippen molar-refractivity contribution in [2.45, 2.75) is 19.5 Å². The van der Waals surface area contributed by atoms with Crippen LogP contribution in [0.15, 0.2) is 18.2 Å². The number of nitrogens with zero attached hydrogens (tertiary/aromatic N) is 2. The van der Waals surface area contributed by atoms with Crippen LogP contribution in [0, 0.1) is 0 Å². The molecule has 94 valence electrons. The molecule has 6 heteroatoms. The van der Waals surface area contributed by atoms with Crippen LogP contribution < -0.4 is 0 Å². The number of carbonyl (C=O) groups is 1. The van der Waals surface area contributed by atoms with E-state index in [0.29, 0.717) is 17.0 Å². The summed E-state index contributed by atoms with van der Waals surface area (Å²) in [5, 5.41) is 0. The van der Waals surface area contributed by atoms with Crippen LogP contribution in [-0.2, 0) is 6.42 Å². The van der Waals surface area contributed by atoms with Crippen molar-refractivity contribution in [2.24, 2.45) is 0 Å². The van der Waals surface area contributed by atoms with E-state index >= 15 is 0 Å². The van der Waals surface area contributed by atoms with Crippen LogP contribution in [0.1, 0.15) is 23.1 Å².